The number of halogens is 7. The van der Waals surface area contributed by atoms with Gasteiger partial charge in [-0.25, -0.2) is 4.79 Å². The smallest absolute Gasteiger partial charge is 0.426 e. The lowest BCUT2D eigenvalue weighted by Crippen LogP contribution is -2.46. The molecule has 0 saturated heterocycles. The predicted octanol–water partition coefficient (Wildman–Crippen LogP) is 4.88. The Kier molecular flexibility index (Phi) is 4.16. The average Bonchev–Trinajstić information content (AvgIpc) is 2.75. The maximum Gasteiger partial charge on any atom is 0.434 e. The molecule has 0 saturated carbocycles. The number of aromatic nitrogens is 1. The van der Waals surface area contributed by atoms with E-state index in [4.69, 9.17) is 0 Å². The van der Waals surface area contributed by atoms with Gasteiger partial charge in [-0.05, 0) is 12.1 Å². The highest BCUT2D eigenvalue weighted by molar-refractivity contribution is 9.10. The lowest BCUT2D eigenvalue weighted by molar-refractivity contribution is -0.306. The van der Waals surface area contributed by atoms with Crippen molar-refractivity contribution in [2.24, 2.45) is 0 Å². The minimum Gasteiger partial charge on any atom is -0.426 e. The van der Waals surface area contributed by atoms with Crippen LogP contribution in [0.3, 0.4) is 0 Å². The second-order valence-corrected chi connectivity index (χ2v) is 5.20. The van der Waals surface area contributed by atoms with Gasteiger partial charge in [-0.1, -0.05) is 22.0 Å². The van der Waals surface area contributed by atoms with Crippen LogP contribution in [-0.2, 0) is 4.74 Å². The molecule has 2 rings (SSSR count). The molecule has 1 aromatic heterocycles. The molecule has 0 aliphatic rings. The van der Waals surface area contributed by atoms with Crippen molar-refractivity contribution in [1.82, 2.24) is 4.57 Å². The fraction of sp³-hybridized carbons (Fsp3) is 0.250. The summed E-state index contributed by atoms with van der Waals surface area (Å²) in [5.41, 5.74) is 0. The van der Waals surface area contributed by atoms with Gasteiger partial charge in [0, 0.05) is 27.6 Å². The third-order valence-electron chi connectivity index (χ3n) is 2.63. The lowest BCUT2D eigenvalue weighted by atomic mass is 10.2. The van der Waals surface area contributed by atoms with Gasteiger partial charge in [0.05, 0.1) is 0 Å². The minimum absolute atomic E-state index is 0.446. The highest BCUT2D eigenvalue weighted by Gasteiger charge is 2.60. The molecule has 22 heavy (non-hydrogen) atoms. The minimum atomic E-state index is -5.75. The van der Waals surface area contributed by atoms with Crippen molar-refractivity contribution in [2.75, 3.05) is 0 Å². The van der Waals surface area contributed by atoms with Crippen LogP contribution in [0.4, 0.5) is 31.1 Å². The van der Waals surface area contributed by atoms with Crippen LogP contribution < -0.4 is 0 Å². The van der Waals surface area contributed by atoms with Gasteiger partial charge in [0.15, 0.2) is 0 Å². The first-order chi connectivity index (χ1) is 9.98. The van der Waals surface area contributed by atoms with Crippen molar-refractivity contribution in [1.29, 1.82) is 0 Å². The molecule has 3 nitrogen and oxygen atoms in total. The highest BCUT2D eigenvalue weighted by Crippen LogP contribution is 2.36. The summed E-state index contributed by atoms with van der Waals surface area (Å²) < 4.78 is 78.8. The Balaban J connectivity index is 2.29. The predicted molar refractivity (Wildman–Crippen MR) is 67.4 cm³/mol. The van der Waals surface area contributed by atoms with Crippen molar-refractivity contribution in [3.63, 3.8) is 0 Å². The molecule has 0 spiro atoms. The molecule has 1 aromatic carbocycles. The summed E-state index contributed by atoms with van der Waals surface area (Å²) in [6.07, 6.45) is -15.3. The monoisotopic (exact) mass is 389 g/mol. The summed E-state index contributed by atoms with van der Waals surface area (Å²) in [4.78, 5) is 11.5. The van der Waals surface area contributed by atoms with Crippen molar-refractivity contribution in [2.45, 2.75) is 18.5 Å². The van der Waals surface area contributed by atoms with E-state index in [0.29, 0.717) is 19.8 Å². The van der Waals surface area contributed by atoms with Gasteiger partial charge in [-0.15, -0.1) is 0 Å². The third-order valence-corrected chi connectivity index (χ3v) is 3.12. The third kappa shape index (κ3) is 3.54. The van der Waals surface area contributed by atoms with Crippen LogP contribution >= 0.6 is 15.9 Å². The summed E-state index contributed by atoms with van der Waals surface area (Å²) in [5, 5.41) is 0.901. The zero-order valence-corrected chi connectivity index (χ0v) is 12.0. The van der Waals surface area contributed by atoms with Crippen molar-refractivity contribution in [3.05, 3.63) is 35.1 Å². The number of carbonyl (C=O) groups excluding carboxylic acids is 1. The van der Waals surface area contributed by atoms with Crippen LogP contribution in [0.1, 0.15) is 0 Å². The molecule has 0 amide bonds. The van der Waals surface area contributed by atoms with Crippen molar-refractivity contribution in [3.8, 4) is 0 Å². The maximum atomic E-state index is 12.3. The number of hydrogen-bond donors (Lipinski definition) is 0. The quantitative estimate of drug-likeness (QED) is 0.650. The number of carbonyl (C=O) groups is 1. The van der Waals surface area contributed by atoms with Crippen LogP contribution in [0.25, 0.3) is 10.8 Å². The van der Waals surface area contributed by atoms with Crippen LogP contribution in [-0.4, -0.2) is 29.1 Å². The van der Waals surface area contributed by atoms with Crippen molar-refractivity contribution < 1.29 is 35.9 Å². The molecule has 0 unspecified atom stereocenters. The molecule has 2 aromatic rings. The van der Waals surface area contributed by atoms with E-state index in [2.05, 4.69) is 20.7 Å². The Morgan fingerprint density at radius 2 is 1.59 bits per heavy atom. The largest absolute Gasteiger partial charge is 0.434 e. The number of benzene rings is 1. The van der Waals surface area contributed by atoms with E-state index in [1.54, 1.807) is 12.1 Å². The summed E-state index contributed by atoms with van der Waals surface area (Å²) in [5.74, 6) is 0. The van der Waals surface area contributed by atoms with Crippen molar-refractivity contribution >= 4 is 32.8 Å². The fourth-order valence-electron chi connectivity index (χ4n) is 1.70. The summed E-state index contributed by atoms with van der Waals surface area (Å²) in [7, 11) is 0. The molecule has 10 heteroatoms. The van der Waals surface area contributed by atoms with Gasteiger partial charge in [-0.3, -0.25) is 4.57 Å². The molecule has 0 bridgehead atoms. The Hall–Kier alpha value is -1.71. The first kappa shape index (κ1) is 16.7. The zero-order valence-electron chi connectivity index (χ0n) is 10.4. The summed E-state index contributed by atoms with van der Waals surface area (Å²) >= 11 is 3.15. The van der Waals surface area contributed by atoms with E-state index in [1.165, 1.54) is 6.07 Å². The van der Waals surface area contributed by atoms with Gasteiger partial charge in [-0.2, -0.15) is 26.3 Å². The standard InChI is InChI=1S/C12H6BrF6NO2/c13-8-2-1-6-4-20(5-7(6)3-8)10(21)22-9(11(14,15)16)12(17,18)19/h1-5,9H. The zero-order chi connectivity index (χ0) is 16.7. The van der Waals surface area contributed by atoms with Crippen LogP contribution in [0, 0.1) is 0 Å². The van der Waals surface area contributed by atoms with E-state index in [0.717, 1.165) is 12.4 Å². The van der Waals surface area contributed by atoms with Gasteiger partial charge < -0.3 is 4.74 Å². The number of nitrogens with zero attached hydrogens (tertiary/aromatic N) is 1. The van der Waals surface area contributed by atoms with Gasteiger partial charge in [0.1, 0.15) is 0 Å². The van der Waals surface area contributed by atoms with Gasteiger partial charge >= 0.3 is 18.4 Å². The second kappa shape index (κ2) is 5.49. The fourth-order valence-corrected chi connectivity index (χ4v) is 2.08. The van der Waals surface area contributed by atoms with E-state index in [9.17, 15) is 31.1 Å². The Morgan fingerprint density at radius 3 is 2.14 bits per heavy atom. The molecule has 0 atom stereocenters. The SMILES string of the molecule is O=C(OC(C(F)(F)F)C(F)(F)F)n1cc2ccc(Br)cc2c1. The van der Waals surface area contributed by atoms with Crippen LogP contribution in [0.5, 0.6) is 0 Å². The van der Waals surface area contributed by atoms with E-state index < -0.39 is 24.5 Å². The molecule has 1 heterocycles. The van der Waals surface area contributed by atoms with Crippen LogP contribution in [0.2, 0.25) is 0 Å². The molecular formula is C12H6BrF6NO2. The Bertz CT molecular complexity index is 692. The van der Waals surface area contributed by atoms with Gasteiger partial charge in [0.2, 0.25) is 0 Å². The van der Waals surface area contributed by atoms with E-state index in [-0.39, 0.29) is 0 Å². The topological polar surface area (TPSA) is 31.2 Å². The van der Waals surface area contributed by atoms with E-state index in [1.807, 2.05) is 0 Å². The number of hydrogen-bond acceptors (Lipinski definition) is 2. The summed E-state index contributed by atoms with van der Waals surface area (Å²) in [6, 6.07) is 4.69. The Morgan fingerprint density at radius 1 is 1.05 bits per heavy atom. The molecular weight excluding hydrogens is 384 g/mol. The highest BCUT2D eigenvalue weighted by atomic mass is 79.9. The van der Waals surface area contributed by atoms with Crippen LogP contribution in [0.15, 0.2) is 35.1 Å². The number of ether oxygens (including phenoxy) is 1. The molecule has 0 fully saturated rings. The molecule has 0 N–H and O–H groups in total. The molecule has 0 radical (unpaired) electrons. The first-order valence-corrected chi connectivity index (χ1v) is 6.39. The number of rotatable bonds is 1. The molecule has 0 aliphatic heterocycles. The van der Waals surface area contributed by atoms with Gasteiger partial charge in [0.25, 0.3) is 6.10 Å². The first-order valence-electron chi connectivity index (χ1n) is 5.60. The number of alkyl halides is 6. The number of fused-ring (bicyclic) bond motifs is 1. The summed E-state index contributed by atoms with van der Waals surface area (Å²) in [6.45, 7) is 0. The maximum absolute atomic E-state index is 12.3. The van der Waals surface area contributed by atoms with E-state index >= 15 is 0 Å². The normalized spacial score (nSPS) is 12.9. The average molecular weight is 390 g/mol. The second-order valence-electron chi connectivity index (χ2n) is 4.29. The molecule has 120 valence electrons. The molecule has 0 aliphatic carbocycles. The lowest BCUT2D eigenvalue weighted by Gasteiger charge is -2.22. The Labute approximate surface area is 127 Å².